The minimum atomic E-state index is -4.45. The number of carbonyl (C=O) groups excluding carboxylic acids is 1. The van der Waals surface area contributed by atoms with Gasteiger partial charge in [-0.2, -0.15) is 18.3 Å². The SMILES string of the molecule is Cc1ccc([C@H]2C[C@@H](C(F)(F)F)n3ncc(CC(=O)NCc4cccc(C)c4)c3N2)cc1. The monoisotopic (exact) mass is 442 g/mol. The molecule has 1 amide bonds. The molecule has 0 radical (unpaired) electrons. The number of aromatic nitrogens is 2. The third-order valence-electron chi connectivity index (χ3n) is 5.72. The summed E-state index contributed by atoms with van der Waals surface area (Å²) in [4.78, 5) is 12.5. The Bertz CT molecular complexity index is 1110. The Hall–Kier alpha value is -3.29. The average molecular weight is 442 g/mol. The molecule has 2 heterocycles. The van der Waals surface area contributed by atoms with Crippen LogP contribution in [0.4, 0.5) is 19.0 Å². The van der Waals surface area contributed by atoms with Gasteiger partial charge in [0.05, 0.1) is 18.7 Å². The summed E-state index contributed by atoms with van der Waals surface area (Å²) < 4.78 is 42.4. The van der Waals surface area contributed by atoms with Gasteiger partial charge in [0.1, 0.15) is 5.82 Å². The molecule has 0 unspecified atom stereocenters. The number of aryl methyl sites for hydroxylation is 2. The van der Waals surface area contributed by atoms with E-state index in [4.69, 9.17) is 0 Å². The molecule has 3 aromatic rings. The number of nitrogens with zero attached hydrogens (tertiary/aromatic N) is 2. The Morgan fingerprint density at radius 1 is 1.16 bits per heavy atom. The normalized spacial score (nSPS) is 18.0. The molecule has 0 saturated heterocycles. The molecule has 0 bridgehead atoms. The summed E-state index contributed by atoms with van der Waals surface area (Å²) in [5.41, 5.74) is 4.30. The number of alkyl halides is 3. The first-order chi connectivity index (χ1) is 15.2. The lowest BCUT2D eigenvalue weighted by Crippen LogP contribution is -2.36. The Balaban J connectivity index is 1.54. The van der Waals surface area contributed by atoms with Gasteiger partial charge in [-0.3, -0.25) is 4.79 Å². The van der Waals surface area contributed by atoms with Crippen molar-refractivity contribution in [3.8, 4) is 0 Å². The van der Waals surface area contributed by atoms with Gasteiger partial charge in [0.2, 0.25) is 5.91 Å². The number of halogens is 3. The molecule has 0 saturated carbocycles. The second kappa shape index (κ2) is 8.68. The van der Waals surface area contributed by atoms with Crippen molar-refractivity contribution in [1.82, 2.24) is 15.1 Å². The molecule has 2 atom stereocenters. The van der Waals surface area contributed by atoms with Crippen LogP contribution in [0.15, 0.2) is 54.7 Å². The van der Waals surface area contributed by atoms with Gasteiger partial charge in [0, 0.05) is 18.5 Å². The van der Waals surface area contributed by atoms with E-state index < -0.39 is 18.3 Å². The van der Waals surface area contributed by atoms with E-state index in [0.29, 0.717) is 12.1 Å². The number of benzene rings is 2. The topological polar surface area (TPSA) is 59.0 Å². The molecule has 2 N–H and O–H groups in total. The third kappa shape index (κ3) is 4.79. The van der Waals surface area contributed by atoms with Gasteiger partial charge in [-0.05, 0) is 25.0 Å². The number of anilines is 1. The first kappa shape index (κ1) is 21.9. The Labute approximate surface area is 184 Å². The summed E-state index contributed by atoms with van der Waals surface area (Å²) in [5.74, 6) is -0.0278. The van der Waals surface area contributed by atoms with E-state index in [1.807, 2.05) is 62.4 Å². The molecule has 8 heteroatoms. The molecule has 0 fully saturated rings. The summed E-state index contributed by atoms with van der Waals surface area (Å²) in [7, 11) is 0. The fraction of sp³-hybridized carbons (Fsp3) is 0.333. The van der Waals surface area contributed by atoms with Crippen LogP contribution in [0.3, 0.4) is 0 Å². The van der Waals surface area contributed by atoms with E-state index in [1.54, 1.807) is 0 Å². The number of nitrogens with one attached hydrogen (secondary N) is 2. The highest BCUT2D eigenvalue weighted by atomic mass is 19.4. The van der Waals surface area contributed by atoms with E-state index >= 15 is 0 Å². The van der Waals surface area contributed by atoms with E-state index in [0.717, 1.165) is 26.9 Å². The highest BCUT2D eigenvalue weighted by molar-refractivity contribution is 5.80. The maximum absolute atomic E-state index is 13.8. The maximum Gasteiger partial charge on any atom is 0.410 e. The third-order valence-corrected chi connectivity index (χ3v) is 5.72. The van der Waals surface area contributed by atoms with E-state index in [1.165, 1.54) is 6.20 Å². The first-order valence-electron chi connectivity index (χ1n) is 10.5. The van der Waals surface area contributed by atoms with Crippen LogP contribution in [-0.4, -0.2) is 21.9 Å². The quantitative estimate of drug-likeness (QED) is 0.583. The Morgan fingerprint density at radius 2 is 1.91 bits per heavy atom. The number of hydrogen-bond donors (Lipinski definition) is 2. The van der Waals surface area contributed by atoms with Gasteiger partial charge >= 0.3 is 6.18 Å². The maximum atomic E-state index is 13.8. The molecule has 5 nitrogen and oxygen atoms in total. The number of carbonyl (C=O) groups is 1. The van der Waals surface area contributed by atoms with Crippen molar-refractivity contribution in [3.63, 3.8) is 0 Å². The number of fused-ring (bicyclic) bond motifs is 1. The van der Waals surface area contributed by atoms with E-state index in [9.17, 15) is 18.0 Å². The van der Waals surface area contributed by atoms with E-state index in [-0.39, 0.29) is 24.6 Å². The lowest BCUT2D eigenvalue weighted by molar-refractivity contribution is -0.173. The molecular weight excluding hydrogens is 417 g/mol. The summed E-state index contributed by atoms with van der Waals surface area (Å²) in [6.45, 7) is 4.26. The Morgan fingerprint density at radius 3 is 2.59 bits per heavy atom. The minimum absolute atomic E-state index is 0.0562. The van der Waals surface area contributed by atoms with Gasteiger partial charge in [-0.1, -0.05) is 59.7 Å². The molecule has 4 rings (SSSR count). The van der Waals surface area contributed by atoms with Gasteiger partial charge in [0.25, 0.3) is 0 Å². The standard InChI is InChI=1S/C24H25F3N4O/c1-15-6-8-18(9-7-15)20-12-21(24(25,26)27)31-23(30-20)19(14-29-31)11-22(32)28-13-17-5-3-4-16(2)10-17/h3-10,14,20-21,30H,11-13H2,1-2H3,(H,28,32)/t20-,21+/m1/s1. The zero-order chi connectivity index (χ0) is 22.9. The smallest absolute Gasteiger partial charge is 0.363 e. The van der Waals surface area contributed by atoms with Crippen molar-refractivity contribution in [3.05, 3.63) is 82.5 Å². The van der Waals surface area contributed by atoms with Crippen LogP contribution in [0.2, 0.25) is 0 Å². The van der Waals surface area contributed by atoms with Crippen LogP contribution in [-0.2, 0) is 17.8 Å². The van der Waals surface area contributed by atoms with Crippen LogP contribution in [0.25, 0.3) is 0 Å². The fourth-order valence-electron chi connectivity index (χ4n) is 4.02. The summed E-state index contributed by atoms with van der Waals surface area (Å²) in [6, 6.07) is 12.9. The van der Waals surface area contributed by atoms with Crippen LogP contribution in [0.5, 0.6) is 0 Å². The molecule has 0 aliphatic carbocycles. The van der Waals surface area contributed by atoms with Crippen LogP contribution >= 0.6 is 0 Å². The molecular formula is C24H25F3N4O. The highest BCUT2D eigenvalue weighted by Crippen LogP contribution is 2.44. The molecule has 0 spiro atoms. The van der Waals surface area contributed by atoms with Crippen LogP contribution in [0, 0.1) is 13.8 Å². The lowest BCUT2D eigenvalue weighted by Gasteiger charge is -2.34. The Kier molecular flexibility index (Phi) is 5.95. The van der Waals surface area contributed by atoms with Crippen molar-refractivity contribution >= 4 is 11.7 Å². The lowest BCUT2D eigenvalue weighted by atomic mass is 9.96. The molecule has 168 valence electrons. The summed E-state index contributed by atoms with van der Waals surface area (Å²) in [5, 5.41) is 10.0. The number of hydrogen-bond acceptors (Lipinski definition) is 3. The summed E-state index contributed by atoms with van der Waals surface area (Å²) >= 11 is 0. The zero-order valence-electron chi connectivity index (χ0n) is 17.9. The molecule has 2 aromatic carbocycles. The molecule has 1 aliphatic heterocycles. The minimum Gasteiger partial charge on any atom is -0.363 e. The van der Waals surface area contributed by atoms with Crippen LogP contribution in [0.1, 0.15) is 46.3 Å². The number of rotatable bonds is 5. The average Bonchev–Trinajstić information content (AvgIpc) is 3.14. The zero-order valence-corrected chi connectivity index (χ0v) is 17.9. The first-order valence-corrected chi connectivity index (χ1v) is 10.5. The molecule has 32 heavy (non-hydrogen) atoms. The summed E-state index contributed by atoms with van der Waals surface area (Å²) in [6.07, 6.45) is -3.32. The van der Waals surface area contributed by atoms with Crippen LogP contribution < -0.4 is 10.6 Å². The van der Waals surface area contributed by atoms with E-state index in [2.05, 4.69) is 15.7 Å². The van der Waals surface area contributed by atoms with Crippen molar-refractivity contribution in [2.24, 2.45) is 0 Å². The van der Waals surface area contributed by atoms with Gasteiger partial charge < -0.3 is 10.6 Å². The van der Waals surface area contributed by atoms with Gasteiger partial charge in [0.15, 0.2) is 6.04 Å². The number of amides is 1. The van der Waals surface area contributed by atoms with Gasteiger partial charge in [-0.25, -0.2) is 4.68 Å². The van der Waals surface area contributed by atoms with Crippen molar-refractivity contribution in [2.75, 3.05) is 5.32 Å². The van der Waals surface area contributed by atoms with Crippen molar-refractivity contribution in [2.45, 2.75) is 51.5 Å². The highest BCUT2D eigenvalue weighted by Gasteiger charge is 2.46. The van der Waals surface area contributed by atoms with Crippen molar-refractivity contribution in [1.29, 1.82) is 0 Å². The molecule has 1 aromatic heterocycles. The molecule has 1 aliphatic rings. The predicted molar refractivity (Wildman–Crippen MR) is 116 cm³/mol. The van der Waals surface area contributed by atoms with Gasteiger partial charge in [-0.15, -0.1) is 0 Å². The fourth-order valence-corrected chi connectivity index (χ4v) is 4.02. The second-order valence-electron chi connectivity index (χ2n) is 8.31. The van der Waals surface area contributed by atoms with Crippen molar-refractivity contribution < 1.29 is 18.0 Å². The largest absolute Gasteiger partial charge is 0.410 e. The predicted octanol–water partition coefficient (Wildman–Crippen LogP) is 5.02. The second-order valence-corrected chi connectivity index (χ2v) is 8.31.